The molecule has 0 aliphatic rings. The average Bonchev–Trinajstić information content (AvgIpc) is 3.30. The number of hydrogen-bond donors (Lipinski definition) is 15. The number of carbonyl (C=O) groups excluding carboxylic acids is 8. The second kappa shape index (κ2) is 35.6. The van der Waals surface area contributed by atoms with Crippen LogP contribution in [0.25, 0.3) is 0 Å². The first-order valence-corrected chi connectivity index (χ1v) is 26.7. The van der Waals surface area contributed by atoms with E-state index >= 15 is 0 Å². The first-order chi connectivity index (χ1) is 34.1. The van der Waals surface area contributed by atoms with Crippen molar-refractivity contribution in [3.05, 3.63) is 0 Å². The van der Waals surface area contributed by atoms with Gasteiger partial charge in [-0.05, 0) is 87.5 Å². The normalized spacial score (nSPS) is 15.3. The van der Waals surface area contributed by atoms with Crippen LogP contribution in [-0.4, -0.2) is 155 Å². The minimum Gasteiger partial charge on any atom is -0.480 e. The molecule has 10 atom stereocenters. The lowest BCUT2D eigenvalue weighted by molar-refractivity contribution is -0.143. The molecule has 0 radical (unpaired) electrons. The molecule has 25 nitrogen and oxygen atoms in total. The number of amides is 8. The van der Waals surface area contributed by atoms with E-state index in [0.29, 0.717) is 18.6 Å². The molecule has 8 amide bonds. The van der Waals surface area contributed by atoms with Crippen LogP contribution in [0, 0.1) is 23.7 Å². The molecule has 73 heavy (non-hydrogen) atoms. The van der Waals surface area contributed by atoms with E-state index in [0.717, 1.165) is 0 Å². The summed E-state index contributed by atoms with van der Waals surface area (Å²) in [6, 6.07) is -10.6. The van der Waals surface area contributed by atoms with Crippen LogP contribution in [0.4, 0.5) is 0 Å². The van der Waals surface area contributed by atoms with Gasteiger partial charge in [0.1, 0.15) is 48.3 Å². The Morgan fingerprint density at radius 2 is 0.959 bits per heavy atom. The number of nitrogens with one attached hydrogen (secondary N) is 8. The summed E-state index contributed by atoms with van der Waals surface area (Å²) in [6.07, 6.45) is 3.42. The summed E-state index contributed by atoms with van der Waals surface area (Å²) in [7, 11) is 0. The number of aliphatic carboxylic acids is 1. The highest BCUT2D eigenvalue weighted by molar-refractivity contribution is 7.98. The maximum atomic E-state index is 14.0. The fraction of sp³-hybridized carbons (Fsp3) is 0.761. The van der Waals surface area contributed by atoms with Gasteiger partial charge >= 0.3 is 5.97 Å². The largest absolute Gasteiger partial charge is 0.480 e. The Morgan fingerprint density at radius 3 is 1.44 bits per heavy atom. The van der Waals surface area contributed by atoms with E-state index in [2.05, 4.69) is 65.1 Å². The third-order valence-corrected chi connectivity index (χ3v) is 12.4. The van der Waals surface area contributed by atoms with Crippen LogP contribution in [0.1, 0.15) is 114 Å². The SMILES string of the molecule is CC[C@H](C)[C@H](NC(=O)[C@@H](N)CC(C)C)C(=O)N[C@@H](CCCN=C(N)N)C(=O)N[C@@H](C)C(=O)N[C@@H](CS)C(=O)N[C@@H](CCSC)C(=O)N[C@@H](CC(C)C)C(=O)N[C@H](C(=O)N[C@@H](CCCN=C(N)N)C(=O)O)C(C)C. The Labute approximate surface area is 440 Å². The quantitative estimate of drug-likeness (QED) is 0.0138. The van der Waals surface area contributed by atoms with Crippen LogP contribution in [0.2, 0.25) is 0 Å². The van der Waals surface area contributed by atoms with Gasteiger partial charge in [0.2, 0.25) is 47.3 Å². The number of guanidine groups is 2. The van der Waals surface area contributed by atoms with Crippen LogP contribution >= 0.6 is 24.4 Å². The van der Waals surface area contributed by atoms with Gasteiger partial charge in [-0.2, -0.15) is 24.4 Å². The molecule has 0 aliphatic carbocycles. The summed E-state index contributed by atoms with van der Waals surface area (Å²) in [5.41, 5.74) is 27.7. The van der Waals surface area contributed by atoms with Gasteiger partial charge in [-0.1, -0.05) is 61.8 Å². The number of carboxylic acid groups (broad SMARTS) is 1. The van der Waals surface area contributed by atoms with Crippen molar-refractivity contribution in [2.45, 2.75) is 168 Å². The zero-order chi connectivity index (χ0) is 56.1. The molecule has 0 saturated carbocycles. The van der Waals surface area contributed by atoms with Crippen molar-refractivity contribution in [2.75, 3.05) is 30.9 Å². The lowest BCUT2D eigenvalue weighted by atomic mass is 9.96. The molecule has 27 heteroatoms. The number of rotatable bonds is 36. The van der Waals surface area contributed by atoms with E-state index in [-0.39, 0.29) is 87.0 Å². The van der Waals surface area contributed by atoms with Crippen molar-refractivity contribution in [3.63, 3.8) is 0 Å². The number of thioether (sulfide) groups is 1. The second-order valence-electron chi connectivity index (χ2n) is 19.2. The number of nitrogens with zero attached hydrogens (tertiary/aromatic N) is 2. The van der Waals surface area contributed by atoms with Gasteiger partial charge in [-0.15, -0.1) is 0 Å². The minimum absolute atomic E-state index is 0.00273. The van der Waals surface area contributed by atoms with Gasteiger partial charge in [-0.3, -0.25) is 48.3 Å². The van der Waals surface area contributed by atoms with E-state index in [1.54, 1.807) is 27.0 Å². The molecule has 0 unspecified atom stereocenters. The van der Waals surface area contributed by atoms with Crippen molar-refractivity contribution < 1.29 is 48.3 Å². The average molecular weight is 1070 g/mol. The number of carboxylic acids is 1. The molecule has 0 spiro atoms. The van der Waals surface area contributed by atoms with Crippen LogP contribution in [0.3, 0.4) is 0 Å². The fourth-order valence-corrected chi connectivity index (χ4v) is 7.77. The molecule has 0 bridgehead atoms. The smallest absolute Gasteiger partial charge is 0.326 e. The van der Waals surface area contributed by atoms with Crippen molar-refractivity contribution >= 4 is 89.5 Å². The number of hydrogen-bond acceptors (Lipinski definition) is 14. The van der Waals surface area contributed by atoms with Crippen molar-refractivity contribution in [1.29, 1.82) is 0 Å². The molecule has 0 aliphatic heterocycles. The molecule has 0 aromatic carbocycles. The summed E-state index contributed by atoms with van der Waals surface area (Å²) in [5.74, 6) is -8.10. The molecular formula is C46H87N15O10S2. The topological polar surface area (TPSA) is 425 Å². The van der Waals surface area contributed by atoms with Gasteiger partial charge in [0, 0.05) is 18.8 Å². The third-order valence-electron chi connectivity index (χ3n) is 11.4. The Kier molecular flexibility index (Phi) is 32.8. The Morgan fingerprint density at radius 1 is 0.534 bits per heavy atom. The molecule has 0 heterocycles. The first kappa shape index (κ1) is 67.4. The summed E-state index contributed by atoms with van der Waals surface area (Å²) < 4.78 is 0. The Hall–Kier alpha value is -5.57. The zero-order valence-corrected chi connectivity index (χ0v) is 46.0. The van der Waals surface area contributed by atoms with Crippen LogP contribution in [0.5, 0.6) is 0 Å². The van der Waals surface area contributed by atoms with E-state index in [9.17, 15) is 48.3 Å². The molecule has 0 rings (SSSR count). The predicted molar refractivity (Wildman–Crippen MR) is 287 cm³/mol. The van der Waals surface area contributed by atoms with Gasteiger partial charge < -0.3 is 76.3 Å². The van der Waals surface area contributed by atoms with Crippen molar-refractivity contribution in [3.8, 4) is 0 Å². The Balaban J connectivity index is 6.26. The van der Waals surface area contributed by atoms with Gasteiger partial charge in [0.15, 0.2) is 11.9 Å². The molecular weight excluding hydrogens is 987 g/mol. The van der Waals surface area contributed by atoms with E-state index in [1.807, 2.05) is 34.6 Å². The second-order valence-corrected chi connectivity index (χ2v) is 20.6. The maximum absolute atomic E-state index is 14.0. The highest BCUT2D eigenvalue weighted by Crippen LogP contribution is 2.13. The first-order valence-electron chi connectivity index (χ1n) is 24.7. The lowest BCUT2D eigenvalue weighted by Crippen LogP contribution is -2.61. The summed E-state index contributed by atoms with van der Waals surface area (Å²) in [6.45, 7) is 16.0. The van der Waals surface area contributed by atoms with Gasteiger partial charge in [-0.25, -0.2) is 4.79 Å². The molecule has 418 valence electrons. The highest BCUT2D eigenvalue weighted by Gasteiger charge is 2.35. The number of thiol groups is 1. The van der Waals surface area contributed by atoms with Crippen molar-refractivity contribution in [2.24, 2.45) is 62.3 Å². The van der Waals surface area contributed by atoms with E-state index in [4.69, 9.17) is 28.7 Å². The lowest BCUT2D eigenvalue weighted by Gasteiger charge is -2.29. The third kappa shape index (κ3) is 27.3. The van der Waals surface area contributed by atoms with Crippen LogP contribution < -0.4 is 71.2 Å². The summed E-state index contributed by atoms with van der Waals surface area (Å²) in [4.78, 5) is 129. The minimum atomic E-state index is -1.32. The number of nitrogens with two attached hydrogens (primary N) is 5. The standard InChI is InChI=1S/C46H87N15O10S2/c1-11-26(8)35(61-37(63)28(47)20-23(2)3)43(69)56-29(14-12-17-52-45(48)49)38(64)54-27(9)36(62)59-33(22-72)41(67)55-30(16-19-73-10)39(65)58-32(21-24(4)5)40(66)60-34(25(6)7)42(68)57-31(44(70)71)15-13-18-53-46(50)51/h23-35,72H,11-22,47H2,1-10H3,(H,54,64)(H,55,67)(H,56,69)(H,57,68)(H,58,65)(H,59,62)(H,60,66)(H,61,63)(H,70,71)(H4,48,49,52)(H4,50,51,53)/t26-,27-,28-,29-,30-,31-,32-,33-,34-,35-/m0/s1. The summed E-state index contributed by atoms with van der Waals surface area (Å²) in [5, 5.41) is 30.8. The molecule has 0 fully saturated rings. The van der Waals surface area contributed by atoms with Crippen LogP contribution in [-0.2, 0) is 43.2 Å². The van der Waals surface area contributed by atoms with Crippen LogP contribution in [0.15, 0.2) is 9.98 Å². The van der Waals surface area contributed by atoms with Gasteiger partial charge in [0.05, 0.1) is 6.04 Å². The predicted octanol–water partition coefficient (Wildman–Crippen LogP) is -2.12. The molecule has 0 aromatic rings. The molecule has 19 N–H and O–H groups in total. The monoisotopic (exact) mass is 1070 g/mol. The maximum Gasteiger partial charge on any atom is 0.326 e. The fourth-order valence-electron chi connectivity index (χ4n) is 7.04. The summed E-state index contributed by atoms with van der Waals surface area (Å²) >= 11 is 5.66. The Bertz CT molecular complexity index is 1870. The highest BCUT2D eigenvalue weighted by atomic mass is 32.2. The molecule has 0 saturated heterocycles. The van der Waals surface area contributed by atoms with E-state index < -0.39 is 114 Å². The van der Waals surface area contributed by atoms with Crippen molar-refractivity contribution in [1.82, 2.24) is 42.5 Å². The number of carbonyl (C=O) groups is 9. The number of aliphatic imine (C=N–C) groups is 2. The van der Waals surface area contributed by atoms with E-state index in [1.165, 1.54) is 18.7 Å². The zero-order valence-electron chi connectivity index (χ0n) is 44.2. The molecule has 0 aromatic heterocycles. The van der Waals surface area contributed by atoms with Gasteiger partial charge in [0.25, 0.3) is 0 Å².